The quantitative estimate of drug-likeness (QED) is 0.422. The molecule has 2 aromatic heterocycles. The maximum atomic E-state index is 13.1. The Morgan fingerprint density at radius 2 is 1.84 bits per heavy atom. The van der Waals surface area contributed by atoms with Gasteiger partial charge in [-0.3, -0.25) is 14.6 Å². The van der Waals surface area contributed by atoms with Crippen molar-refractivity contribution in [3.05, 3.63) is 70.8 Å². The van der Waals surface area contributed by atoms with Gasteiger partial charge in [0.05, 0.1) is 17.8 Å². The number of aryl methyl sites for hydroxylation is 1. The third-order valence-corrected chi connectivity index (χ3v) is 4.50. The summed E-state index contributed by atoms with van der Waals surface area (Å²) >= 11 is 0. The van der Waals surface area contributed by atoms with Crippen molar-refractivity contribution in [3.8, 4) is 11.3 Å². The predicted molar refractivity (Wildman–Crippen MR) is 118 cm³/mol. The van der Waals surface area contributed by atoms with Gasteiger partial charge in [0.25, 0.3) is 5.56 Å². The maximum Gasteiger partial charge on any atom is 0.345 e. The third kappa shape index (κ3) is 5.18. The van der Waals surface area contributed by atoms with Crippen molar-refractivity contribution in [1.82, 2.24) is 14.8 Å². The fraction of sp³-hybridized carbons (Fsp3) is 0.261. The molecule has 1 N–H and O–H groups in total. The first-order valence-electron chi connectivity index (χ1n) is 10.1. The van der Waals surface area contributed by atoms with Gasteiger partial charge in [-0.15, -0.1) is 0 Å². The summed E-state index contributed by atoms with van der Waals surface area (Å²) in [5, 5.41) is 7.38. The first-order chi connectivity index (χ1) is 15.4. The zero-order chi connectivity index (χ0) is 23.1. The summed E-state index contributed by atoms with van der Waals surface area (Å²) in [5.41, 5.74) is 0.831. The first kappa shape index (κ1) is 22.7. The molecule has 0 spiro atoms. The minimum Gasteiger partial charge on any atom is -0.428 e. The first-order valence-corrected chi connectivity index (χ1v) is 10.1. The number of aromatic nitrogens is 3. The standard InChI is InChI=1S/C23H24N4O5/c1-4-27-21(28)20(25-17-11-8-12-24-13-17)18(19(26-27)16-9-6-5-7-10-16)23(30)32-14-31-22(29)15(2)3/h5-13,15,25H,4,14H2,1-3H3. The highest BCUT2D eigenvalue weighted by Crippen LogP contribution is 2.27. The molecule has 2 heterocycles. The van der Waals surface area contributed by atoms with Crippen LogP contribution in [0.2, 0.25) is 0 Å². The molecule has 0 bridgehead atoms. The fourth-order valence-electron chi connectivity index (χ4n) is 2.86. The summed E-state index contributed by atoms with van der Waals surface area (Å²) in [5.74, 6) is -1.72. The van der Waals surface area contributed by atoms with Crippen LogP contribution in [0.5, 0.6) is 0 Å². The molecule has 9 heteroatoms. The number of hydrogen-bond acceptors (Lipinski definition) is 8. The van der Waals surface area contributed by atoms with Crippen LogP contribution < -0.4 is 10.9 Å². The SMILES string of the molecule is CCn1nc(-c2ccccc2)c(C(=O)OCOC(=O)C(C)C)c(Nc2cccnc2)c1=O. The molecule has 1 aromatic carbocycles. The average molecular weight is 436 g/mol. The molecule has 166 valence electrons. The second-order valence-corrected chi connectivity index (χ2v) is 7.12. The zero-order valence-electron chi connectivity index (χ0n) is 18.1. The normalized spacial score (nSPS) is 10.6. The van der Waals surface area contributed by atoms with Crippen molar-refractivity contribution < 1.29 is 19.1 Å². The molecule has 0 aliphatic rings. The average Bonchev–Trinajstić information content (AvgIpc) is 2.81. The Kier molecular flexibility index (Phi) is 7.33. The minimum absolute atomic E-state index is 0.00566. The van der Waals surface area contributed by atoms with Crippen molar-refractivity contribution in [1.29, 1.82) is 0 Å². The lowest BCUT2D eigenvalue weighted by molar-refractivity contribution is -0.155. The molecule has 0 atom stereocenters. The largest absolute Gasteiger partial charge is 0.428 e. The van der Waals surface area contributed by atoms with Crippen molar-refractivity contribution in [2.24, 2.45) is 5.92 Å². The van der Waals surface area contributed by atoms with Crippen LogP contribution in [0.25, 0.3) is 11.3 Å². The van der Waals surface area contributed by atoms with Crippen molar-refractivity contribution in [2.75, 3.05) is 12.1 Å². The van der Waals surface area contributed by atoms with Crippen LogP contribution in [0.4, 0.5) is 11.4 Å². The molecular weight excluding hydrogens is 412 g/mol. The van der Waals surface area contributed by atoms with Crippen LogP contribution in [0.3, 0.4) is 0 Å². The van der Waals surface area contributed by atoms with Crippen LogP contribution >= 0.6 is 0 Å². The van der Waals surface area contributed by atoms with Gasteiger partial charge < -0.3 is 14.8 Å². The molecule has 0 aliphatic heterocycles. The maximum absolute atomic E-state index is 13.1. The van der Waals surface area contributed by atoms with E-state index in [1.54, 1.807) is 63.4 Å². The molecule has 0 fully saturated rings. The smallest absolute Gasteiger partial charge is 0.345 e. The van der Waals surface area contributed by atoms with Gasteiger partial charge in [-0.1, -0.05) is 44.2 Å². The molecule has 0 unspecified atom stereocenters. The van der Waals surface area contributed by atoms with Gasteiger partial charge in [-0.25, -0.2) is 9.48 Å². The summed E-state index contributed by atoms with van der Waals surface area (Å²) in [4.78, 5) is 41.9. The van der Waals surface area contributed by atoms with Crippen LogP contribution in [0.15, 0.2) is 59.7 Å². The van der Waals surface area contributed by atoms with Gasteiger partial charge in [0.1, 0.15) is 16.9 Å². The summed E-state index contributed by atoms with van der Waals surface area (Å²) in [6.07, 6.45) is 3.12. The molecule has 0 amide bonds. The van der Waals surface area contributed by atoms with E-state index < -0.39 is 24.3 Å². The number of benzene rings is 1. The number of nitrogens with zero attached hydrogens (tertiary/aromatic N) is 3. The lowest BCUT2D eigenvalue weighted by Crippen LogP contribution is -2.29. The molecule has 0 radical (unpaired) electrons. The Morgan fingerprint density at radius 3 is 2.47 bits per heavy atom. The highest BCUT2D eigenvalue weighted by molar-refractivity contribution is 6.02. The van der Waals surface area contributed by atoms with E-state index in [4.69, 9.17) is 9.47 Å². The van der Waals surface area contributed by atoms with E-state index in [9.17, 15) is 14.4 Å². The number of anilines is 2. The Balaban J connectivity index is 2.10. The number of carbonyl (C=O) groups excluding carboxylic acids is 2. The topological polar surface area (TPSA) is 112 Å². The Morgan fingerprint density at radius 1 is 1.09 bits per heavy atom. The lowest BCUT2D eigenvalue weighted by Gasteiger charge is -2.17. The van der Waals surface area contributed by atoms with Gasteiger partial charge in [-0.05, 0) is 19.1 Å². The zero-order valence-corrected chi connectivity index (χ0v) is 18.1. The summed E-state index contributed by atoms with van der Waals surface area (Å²) in [6.45, 7) is 4.83. The van der Waals surface area contributed by atoms with E-state index in [-0.39, 0.29) is 22.9 Å². The molecular formula is C23H24N4O5. The van der Waals surface area contributed by atoms with Crippen molar-refractivity contribution in [3.63, 3.8) is 0 Å². The second kappa shape index (κ2) is 10.3. The number of ether oxygens (including phenoxy) is 2. The molecule has 9 nitrogen and oxygen atoms in total. The number of hydrogen-bond donors (Lipinski definition) is 1. The van der Waals surface area contributed by atoms with Crippen LogP contribution in [0, 0.1) is 5.92 Å². The number of rotatable bonds is 8. The number of nitrogens with one attached hydrogen (secondary N) is 1. The van der Waals surface area contributed by atoms with E-state index in [0.29, 0.717) is 17.8 Å². The second-order valence-electron chi connectivity index (χ2n) is 7.12. The predicted octanol–water partition coefficient (Wildman–Crippen LogP) is 3.38. The summed E-state index contributed by atoms with van der Waals surface area (Å²) in [6, 6.07) is 12.4. The monoisotopic (exact) mass is 436 g/mol. The van der Waals surface area contributed by atoms with E-state index in [0.717, 1.165) is 0 Å². The Bertz CT molecular complexity index is 1140. The highest BCUT2D eigenvalue weighted by Gasteiger charge is 2.26. The minimum atomic E-state index is -0.848. The number of carbonyl (C=O) groups is 2. The Labute approximate surface area is 185 Å². The summed E-state index contributed by atoms with van der Waals surface area (Å²) in [7, 11) is 0. The highest BCUT2D eigenvalue weighted by atomic mass is 16.7. The van der Waals surface area contributed by atoms with Crippen LogP contribution in [-0.2, 0) is 20.8 Å². The fourth-order valence-corrected chi connectivity index (χ4v) is 2.86. The number of pyridine rings is 1. The molecule has 0 saturated carbocycles. The molecule has 3 aromatic rings. The number of esters is 2. The third-order valence-electron chi connectivity index (χ3n) is 4.50. The Hall–Kier alpha value is -4.01. The molecule has 0 saturated heterocycles. The van der Waals surface area contributed by atoms with E-state index in [1.807, 2.05) is 6.07 Å². The van der Waals surface area contributed by atoms with Gasteiger partial charge >= 0.3 is 11.9 Å². The molecule has 32 heavy (non-hydrogen) atoms. The van der Waals surface area contributed by atoms with E-state index in [1.165, 1.54) is 10.9 Å². The van der Waals surface area contributed by atoms with Crippen LogP contribution in [-0.4, -0.2) is 33.5 Å². The summed E-state index contributed by atoms with van der Waals surface area (Å²) < 4.78 is 11.4. The van der Waals surface area contributed by atoms with Gasteiger partial charge in [0.2, 0.25) is 6.79 Å². The lowest BCUT2D eigenvalue weighted by atomic mass is 10.0. The van der Waals surface area contributed by atoms with Crippen molar-refractivity contribution >= 4 is 23.3 Å². The molecule has 0 aliphatic carbocycles. The van der Waals surface area contributed by atoms with Gasteiger partial charge in [0.15, 0.2) is 0 Å². The van der Waals surface area contributed by atoms with Gasteiger partial charge in [-0.2, -0.15) is 5.10 Å². The van der Waals surface area contributed by atoms with E-state index in [2.05, 4.69) is 15.4 Å². The van der Waals surface area contributed by atoms with Crippen molar-refractivity contribution in [2.45, 2.75) is 27.3 Å². The molecule has 3 rings (SSSR count). The van der Waals surface area contributed by atoms with Crippen LogP contribution in [0.1, 0.15) is 31.1 Å². The van der Waals surface area contributed by atoms with Gasteiger partial charge in [0, 0.05) is 18.3 Å². The van der Waals surface area contributed by atoms with E-state index >= 15 is 0 Å².